The highest BCUT2D eigenvalue weighted by molar-refractivity contribution is 5.63. The number of aromatic nitrogens is 2. The lowest BCUT2D eigenvalue weighted by atomic mass is 10.3. The first-order valence-electron chi connectivity index (χ1n) is 7.22. The fraction of sp³-hybridized carbons (Fsp3) is 0.692. The molecule has 1 aromatic rings. The molecular weight excluding hydrogens is 274 g/mol. The second-order valence-corrected chi connectivity index (χ2v) is 5.14. The summed E-state index contributed by atoms with van der Waals surface area (Å²) in [6.45, 7) is 4.63. The molecule has 0 radical (unpaired) electrons. The maximum absolute atomic E-state index is 11.3. The van der Waals surface area contributed by atoms with Crippen LogP contribution in [0.15, 0.2) is 0 Å². The summed E-state index contributed by atoms with van der Waals surface area (Å²) >= 11 is 0. The average Bonchev–Trinajstić information content (AvgIpc) is 3.25. The van der Waals surface area contributed by atoms with Gasteiger partial charge in [-0.1, -0.05) is 6.92 Å². The van der Waals surface area contributed by atoms with Crippen LogP contribution in [0.1, 0.15) is 31.9 Å². The Morgan fingerprint density at radius 2 is 2.19 bits per heavy atom. The summed E-state index contributed by atoms with van der Waals surface area (Å²) in [6.07, 6.45) is 2.85. The summed E-state index contributed by atoms with van der Waals surface area (Å²) in [5.41, 5.74) is 0.268. The van der Waals surface area contributed by atoms with Crippen molar-refractivity contribution in [3.8, 4) is 0 Å². The van der Waals surface area contributed by atoms with Crippen LogP contribution in [0, 0.1) is 17.0 Å². The molecule has 8 nitrogen and oxygen atoms in total. The normalized spacial score (nSPS) is 14.0. The molecule has 116 valence electrons. The molecule has 2 rings (SSSR count). The monoisotopic (exact) mass is 295 g/mol. The van der Waals surface area contributed by atoms with Crippen LogP contribution >= 0.6 is 0 Å². The van der Waals surface area contributed by atoms with Crippen LogP contribution in [0.4, 0.5) is 17.5 Å². The quantitative estimate of drug-likeness (QED) is 0.552. The molecule has 0 atom stereocenters. The van der Waals surface area contributed by atoms with Gasteiger partial charge in [0.25, 0.3) is 0 Å². The number of rotatable bonds is 8. The van der Waals surface area contributed by atoms with Crippen LogP contribution in [-0.2, 0) is 0 Å². The zero-order valence-electron chi connectivity index (χ0n) is 12.4. The topological polar surface area (TPSA) is 104 Å². The molecule has 0 spiro atoms. The van der Waals surface area contributed by atoms with Gasteiger partial charge in [-0.15, -0.1) is 0 Å². The molecule has 0 amide bonds. The van der Waals surface area contributed by atoms with Crippen molar-refractivity contribution in [3.05, 3.63) is 15.8 Å². The molecule has 1 aliphatic rings. The summed E-state index contributed by atoms with van der Waals surface area (Å²) in [7, 11) is 0. The number of aryl methyl sites for hydroxylation is 1. The number of nitrogens with one attached hydrogen (secondary N) is 1. The maximum atomic E-state index is 11.3. The molecule has 1 heterocycles. The van der Waals surface area contributed by atoms with E-state index in [-0.39, 0.29) is 18.3 Å². The van der Waals surface area contributed by atoms with Gasteiger partial charge in [-0.05, 0) is 26.2 Å². The third kappa shape index (κ3) is 3.57. The highest BCUT2D eigenvalue weighted by Crippen LogP contribution is 2.37. The SMILES string of the molecule is CCCNc1nc(C)c([N+](=O)[O-])c(N(CCO)C2CC2)n1. The Morgan fingerprint density at radius 1 is 1.48 bits per heavy atom. The van der Waals surface area contributed by atoms with Crippen molar-refractivity contribution in [2.75, 3.05) is 29.9 Å². The zero-order valence-corrected chi connectivity index (χ0v) is 12.4. The molecule has 0 aliphatic heterocycles. The van der Waals surface area contributed by atoms with Gasteiger partial charge < -0.3 is 15.3 Å². The van der Waals surface area contributed by atoms with E-state index in [1.807, 2.05) is 11.8 Å². The summed E-state index contributed by atoms with van der Waals surface area (Å²) in [4.78, 5) is 21.2. The Labute approximate surface area is 123 Å². The lowest BCUT2D eigenvalue weighted by molar-refractivity contribution is -0.385. The van der Waals surface area contributed by atoms with Crippen LogP contribution in [0.2, 0.25) is 0 Å². The summed E-state index contributed by atoms with van der Waals surface area (Å²) in [5, 5.41) is 23.6. The molecule has 1 fully saturated rings. The molecule has 0 aromatic carbocycles. The second-order valence-electron chi connectivity index (χ2n) is 5.14. The molecule has 1 saturated carbocycles. The Hall–Kier alpha value is -1.96. The molecule has 21 heavy (non-hydrogen) atoms. The molecule has 2 N–H and O–H groups in total. The van der Waals surface area contributed by atoms with Gasteiger partial charge in [0.2, 0.25) is 11.8 Å². The lowest BCUT2D eigenvalue weighted by Crippen LogP contribution is -2.31. The van der Waals surface area contributed by atoms with Crippen LogP contribution in [0.5, 0.6) is 0 Å². The first-order valence-corrected chi connectivity index (χ1v) is 7.22. The van der Waals surface area contributed by atoms with E-state index in [9.17, 15) is 15.2 Å². The molecule has 8 heteroatoms. The first kappa shape index (κ1) is 15.4. The molecule has 0 saturated heterocycles. The number of nitro groups is 1. The number of hydrogen-bond acceptors (Lipinski definition) is 7. The number of aliphatic hydroxyl groups excluding tert-OH is 1. The van der Waals surface area contributed by atoms with E-state index in [0.29, 0.717) is 30.5 Å². The van der Waals surface area contributed by atoms with Crippen LogP contribution in [0.3, 0.4) is 0 Å². The van der Waals surface area contributed by atoms with Crippen molar-refractivity contribution < 1.29 is 10.0 Å². The van der Waals surface area contributed by atoms with Crippen molar-refractivity contribution in [1.82, 2.24) is 9.97 Å². The Balaban J connectivity index is 2.42. The van der Waals surface area contributed by atoms with Gasteiger partial charge in [0.05, 0.1) is 11.5 Å². The first-order chi connectivity index (χ1) is 10.1. The molecule has 0 bridgehead atoms. The highest BCUT2D eigenvalue weighted by atomic mass is 16.6. The number of hydrogen-bond donors (Lipinski definition) is 2. The minimum atomic E-state index is -0.443. The largest absolute Gasteiger partial charge is 0.395 e. The third-order valence-corrected chi connectivity index (χ3v) is 3.36. The van der Waals surface area contributed by atoms with Crippen molar-refractivity contribution >= 4 is 17.5 Å². The lowest BCUT2D eigenvalue weighted by Gasteiger charge is -2.23. The molecule has 1 aromatic heterocycles. The van der Waals surface area contributed by atoms with Crippen LogP contribution in [0.25, 0.3) is 0 Å². The third-order valence-electron chi connectivity index (χ3n) is 3.36. The number of aliphatic hydroxyl groups is 1. The predicted molar refractivity (Wildman–Crippen MR) is 79.7 cm³/mol. The van der Waals surface area contributed by atoms with Crippen LogP contribution in [-0.4, -0.2) is 45.7 Å². The van der Waals surface area contributed by atoms with E-state index in [0.717, 1.165) is 19.3 Å². The van der Waals surface area contributed by atoms with Gasteiger partial charge in [0.15, 0.2) is 0 Å². The van der Waals surface area contributed by atoms with Gasteiger partial charge in [-0.25, -0.2) is 4.98 Å². The van der Waals surface area contributed by atoms with Crippen molar-refractivity contribution in [2.45, 2.75) is 39.2 Å². The van der Waals surface area contributed by atoms with E-state index >= 15 is 0 Å². The van der Waals surface area contributed by atoms with Gasteiger partial charge in [-0.3, -0.25) is 10.1 Å². The summed E-state index contributed by atoms with van der Waals surface area (Å²) < 4.78 is 0. The van der Waals surface area contributed by atoms with E-state index < -0.39 is 4.92 Å². The van der Waals surface area contributed by atoms with E-state index in [1.165, 1.54) is 0 Å². The van der Waals surface area contributed by atoms with Gasteiger partial charge >= 0.3 is 5.69 Å². The van der Waals surface area contributed by atoms with Crippen molar-refractivity contribution in [3.63, 3.8) is 0 Å². The van der Waals surface area contributed by atoms with Crippen molar-refractivity contribution in [2.24, 2.45) is 0 Å². The predicted octanol–water partition coefficient (Wildman–Crippen LogP) is 1.48. The van der Waals surface area contributed by atoms with E-state index in [4.69, 9.17) is 0 Å². The van der Waals surface area contributed by atoms with Gasteiger partial charge in [0, 0.05) is 19.1 Å². The van der Waals surface area contributed by atoms with Crippen molar-refractivity contribution in [1.29, 1.82) is 0 Å². The van der Waals surface area contributed by atoms with E-state index in [1.54, 1.807) is 6.92 Å². The Kier molecular flexibility index (Phi) is 4.89. The maximum Gasteiger partial charge on any atom is 0.332 e. The fourth-order valence-electron chi connectivity index (χ4n) is 2.24. The van der Waals surface area contributed by atoms with Gasteiger partial charge in [-0.2, -0.15) is 4.98 Å². The van der Waals surface area contributed by atoms with Gasteiger partial charge in [0.1, 0.15) is 5.69 Å². The Morgan fingerprint density at radius 3 is 2.71 bits per heavy atom. The highest BCUT2D eigenvalue weighted by Gasteiger charge is 2.35. The van der Waals surface area contributed by atoms with Crippen LogP contribution < -0.4 is 10.2 Å². The zero-order chi connectivity index (χ0) is 15.4. The second kappa shape index (κ2) is 6.66. The molecule has 0 unspecified atom stereocenters. The summed E-state index contributed by atoms with van der Waals surface area (Å²) in [6, 6.07) is 0.226. The van der Waals surface area contributed by atoms with E-state index in [2.05, 4.69) is 15.3 Å². The minimum Gasteiger partial charge on any atom is -0.395 e. The minimum absolute atomic E-state index is 0.0611. The molecular formula is C13H21N5O3. The Bertz CT molecular complexity index is 519. The fourth-order valence-corrected chi connectivity index (χ4v) is 2.24. The number of anilines is 2. The molecule has 1 aliphatic carbocycles. The summed E-state index contributed by atoms with van der Waals surface area (Å²) in [5.74, 6) is 0.709. The standard InChI is InChI=1S/C13H21N5O3/c1-3-6-14-13-15-9(2)11(18(20)21)12(16-13)17(7-8-19)10-4-5-10/h10,19H,3-8H2,1-2H3,(H,14,15,16). The smallest absolute Gasteiger partial charge is 0.332 e. The number of nitrogens with zero attached hydrogens (tertiary/aromatic N) is 4. The average molecular weight is 295 g/mol.